The standard InChI is InChI=1S/C11H10FNO3/c1-2-10(13-6-14)7-3-4-8(11(15)16)9(12)5-7/h3-5,10H,2H2,1H3,(H,15,16). The van der Waals surface area contributed by atoms with Crippen LogP contribution in [0.1, 0.15) is 35.3 Å². The van der Waals surface area contributed by atoms with E-state index < -0.39 is 23.4 Å². The minimum atomic E-state index is -1.32. The van der Waals surface area contributed by atoms with Crippen LogP contribution in [0.3, 0.4) is 0 Å². The van der Waals surface area contributed by atoms with Crippen LogP contribution < -0.4 is 0 Å². The van der Waals surface area contributed by atoms with Crippen LogP contribution in [0.25, 0.3) is 0 Å². The number of hydrogen-bond acceptors (Lipinski definition) is 3. The summed E-state index contributed by atoms with van der Waals surface area (Å²) in [5.74, 6) is -2.15. The fourth-order valence-electron chi connectivity index (χ4n) is 1.38. The maximum Gasteiger partial charge on any atom is 0.338 e. The second kappa shape index (κ2) is 5.19. The molecule has 0 amide bonds. The molecule has 0 radical (unpaired) electrons. The van der Waals surface area contributed by atoms with Gasteiger partial charge in [-0.1, -0.05) is 13.0 Å². The highest BCUT2D eigenvalue weighted by atomic mass is 19.1. The molecule has 0 aliphatic heterocycles. The molecule has 1 unspecified atom stereocenters. The number of nitrogens with zero attached hydrogens (tertiary/aromatic N) is 1. The third kappa shape index (κ3) is 2.52. The molecule has 84 valence electrons. The molecule has 0 fully saturated rings. The first-order valence-corrected chi connectivity index (χ1v) is 4.69. The predicted molar refractivity (Wildman–Crippen MR) is 54.5 cm³/mol. The van der Waals surface area contributed by atoms with Gasteiger partial charge < -0.3 is 5.11 Å². The molecule has 0 spiro atoms. The Hall–Kier alpha value is -2.00. The lowest BCUT2D eigenvalue weighted by Crippen LogP contribution is -2.02. The molecule has 16 heavy (non-hydrogen) atoms. The van der Waals surface area contributed by atoms with Gasteiger partial charge >= 0.3 is 5.97 Å². The van der Waals surface area contributed by atoms with Crippen molar-refractivity contribution in [1.82, 2.24) is 0 Å². The molecule has 1 aromatic carbocycles. The highest BCUT2D eigenvalue weighted by molar-refractivity contribution is 5.87. The van der Waals surface area contributed by atoms with Crippen molar-refractivity contribution in [3.8, 4) is 0 Å². The van der Waals surface area contributed by atoms with E-state index in [0.29, 0.717) is 12.0 Å². The number of aromatic carboxylic acids is 1. The average molecular weight is 223 g/mol. The summed E-state index contributed by atoms with van der Waals surface area (Å²) in [7, 11) is 0. The average Bonchev–Trinajstić information content (AvgIpc) is 2.25. The molecule has 0 aliphatic carbocycles. The van der Waals surface area contributed by atoms with E-state index in [1.807, 2.05) is 0 Å². The number of carboxylic acids is 1. The topological polar surface area (TPSA) is 66.7 Å². The Labute approximate surface area is 91.4 Å². The van der Waals surface area contributed by atoms with Gasteiger partial charge in [0.1, 0.15) is 5.82 Å². The number of carbonyl (C=O) groups is 1. The van der Waals surface area contributed by atoms with Gasteiger partial charge in [-0.05, 0) is 24.1 Å². The number of hydrogen-bond donors (Lipinski definition) is 1. The van der Waals surface area contributed by atoms with Gasteiger partial charge in [0, 0.05) is 0 Å². The van der Waals surface area contributed by atoms with Gasteiger partial charge in [0.05, 0.1) is 11.6 Å². The molecular weight excluding hydrogens is 213 g/mol. The molecule has 1 aromatic rings. The van der Waals surface area contributed by atoms with E-state index >= 15 is 0 Å². The van der Waals surface area contributed by atoms with Gasteiger partial charge in [-0.2, -0.15) is 4.99 Å². The minimum absolute atomic E-state index is 0.395. The monoisotopic (exact) mass is 223 g/mol. The highest BCUT2D eigenvalue weighted by Crippen LogP contribution is 2.22. The van der Waals surface area contributed by atoms with E-state index in [2.05, 4.69) is 4.99 Å². The van der Waals surface area contributed by atoms with Crippen LogP contribution in [0, 0.1) is 5.82 Å². The first kappa shape index (κ1) is 12.1. The quantitative estimate of drug-likeness (QED) is 0.629. The molecule has 0 bridgehead atoms. The summed E-state index contributed by atoms with van der Waals surface area (Å²) in [6.07, 6.45) is 1.93. The zero-order chi connectivity index (χ0) is 12.1. The van der Waals surface area contributed by atoms with Crippen LogP contribution in [-0.2, 0) is 4.79 Å². The molecule has 1 atom stereocenters. The molecule has 4 nitrogen and oxygen atoms in total. The Morgan fingerprint density at radius 3 is 2.75 bits per heavy atom. The third-order valence-corrected chi connectivity index (χ3v) is 2.20. The maximum atomic E-state index is 13.3. The Morgan fingerprint density at radius 2 is 2.31 bits per heavy atom. The van der Waals surface area contributed by atoms with Crippen molar-refractivity contribution in [2.45, 2.75) is 19.4 Å². The number of isocyanates is 1. The van der Waals surface area contributed by atoms with E-state index in [4.69, 9.17) is 5.11 Å². The van der Waals surface area contributed by atoms with Crippen molar-refractivity contribution < 1.29 is 19.1 Å². The number of carboxylic acid groups (broad SMARTS) is 1. The fraction of sp³-hybridized carbons (Fsp3) is 0.273. The summed E-state index contributed by atoms with van der Waals surface area (Å²) in [4.78, 5) is 24.2. The van der Waals surface area contributed by atoms with Gasteiger partial charge in [0.2, 0.25) is 6.08 Å². The first-order chi connectivity index (χ1) is 7.60. The van der Waals surface area contributed by atoms with Gasteiger partial charge in [-0.25, -0.2) is 14.0 Å². The molecule has 1 rings (SSSR count). The van der Waals surface area contributed by atoms with Crippen molar-refractivity contribution in [3.63, 3.8) is 0 Å². The van der Waals surface area contributed by atoms with Crippen LogP contribution in [0.4, 0.5) is 4.39 Å². The van der Waals surface area contributed by atoms with E-state index in [9.17, 15) is 14.0 Å². The summed E-state index contributed by atoms with van der Waals surface area (Å²) in [6.45, 7) is 1.79. The lowest BCUT2D eigenvalue weighted by molar-refractivity contribution is 0.0692. The van der Waals surface area contributed by atoms with Crippen molar-refractivity contribution in [2.75, 3.05) is 0 Å². The van der Waals surface area contributed by atoms with Crippen molar-refractivity contribution in [3.05, 3.63) is 35.1 Å². The summed E-state index contributed by atoms with van der Waals surface area (Å²) in [5, 5.41) is 8.63. The molecule has 0 aliphatic rings. The molecule has 0 aromatic heterocycles. The van der Waals surface area contributed by atoms with Crippen LogP contribution in [-0.4, -0.2) is 17.2 Å². The number of halogens is 1. The molecular formula is C11H10FNO3. The molecule has 1 N–H and O–H groups in total. The molecule has 0 heterocycles. The second-order valence-electron chi connectivity index (χ2n) is 3.19. The summed E-state index contributed by atoms with van der Waals surface area (Å²) < 4.78 is 13.3. The molecule has 0 saturated heterocycles. The van der Waals surface area contributed by atoms with Gasteiger partial charge in [-0.3, -0.25) is 0 Å². The molecule has 0 saturated carbocycles. The summed E-state index contributed by atoms with van der Waals surface area (Å²) in [5.41, 5.74) is 0.0713. The third-order valence-electron chi connectivity index (χ3n) is 2.20. The van der Waals surface area contributed by atoms with Gasteiger partial charge in [0.25, 0.3) is 0 Å². The zero-order valence-electron chi connectivity index (χ0n) is 8.61. The molecule has 5 heteroatoms. The first-order valence-electron chi connectivity index (χ1n) is 4.69. The van der Waals surface area contributed by atoms with Crippen molar-refractivity contribution in [2.24, 2.45) is 4.99 Å². The van der Waals surface area contributed by atoms with E-state index in [0.717, 1.165) is 12.1 Å². The van der Waals surface area contributed by atoms with Crippen molar-refractivity contribution in [1.29, 1.82) is 0 Å². The summed E-state index contributed by atoms with van der Waals surface area (Å²) >= 11 is 0. The van der Waals surface area contributed by atoms with Crippen LogP contribution in [0.15, 0.2) is 23.2 Å². The Morgan fingerprint density at radius 1 is 1.62 bits per heavy atom. The highest BCUT2D eigenvalue weighted by Gasteiger charge is 2.14. The van der Waals surface area contributed by atoms with Gasteiger partial charge in [-0.15, -0.1) is 0 Å². The smallest absolute Gasteiger partial charge is 0.338 e. The van der Waals surface area contributed by atoms with Crippen molar-refractivity contribution >= 4 is 12.0 Å². The number of benzene rings is 1. The fourth-order valence-corrected chi connectivity index (χ4v) is 1.38. The summed E-state index contributed by atoms with van der Waals surface area (Å²) in [6, 6.07) is 3.21. The van der Waals surface area contributed by atoms with E-state index in [-0.39, 0.29) is 0 Å². The Balaban J connectivity index is 3.13. The lowest BCUT2D eigenvalue weighted by atomic mass is 10.0. The predicted octanol–water partition coefficient (Wildman–Crippen LogP) is 2.31. The van der Waals surface area contributed by atoms with E-state index in [1.54, 1.807) is 6.92 Å². The Kier molecular flexibility index (Phi) is 3.91. The van der Waals surface area contributed by atoms with E-state index in [1.165, 1.54) is 12.1 Å². The maximum absolute atomic E-state index is 13.3. The van der Waals surface area contributed by atoms with Crippen LogP contribution >= 0.6 is 0 Å². The largest absolute Gasteiger partial charge is 0.478 e. The van der Waals surface area contributed by atoms with Crippen LogP contribution in [0.2, 0.25) is 0 Å². The SMILES string of the molecule is CCC(N=C=O)c1ccc(C(=O)O)c(F)c1. The Bertz CT molecular complexity index is 453. The number of rotatable bonds is 4. The minimum Gasteiger partial charge on any atom is -0.478 e. The number of carbonyl (C=O) groups excluding carboxylic acids is 1. The van der Waals surface area contributed by atoms with Crippen LogP contribution in [0.5, 0.6) is 0 Å². The zero-order valence-corrected chi connectivity index (χ0v) is 8.61. The van der Waals surface area contributed by atoms with Gasteiger partial charge in [0.15, 0.2) is 0 Å². The normalized spacial score (nSPS) is 11.6. The number of aliphatic imine (C=N–C) groups is 1. The lowest BCUT2D eigenvalue weighted by Gasteiger charge is -2.08. The second-order valence-corrected chi connectivity index (χ2v) is 3.19.